The minimum absolute atomic E-state index is 0.0307. The average molecular weight is 529 g/mol. The molecule has 0 fully saturated rings. The van der Waals surface area contributed by atoms with Gasteiger partial charge in [0.25, 0.3) is 5.91 Å². The molecular formula is C25H22ClFN4O4S. The smallest absolute Gasteiger partial charge is 0.276 e. The fourth-order valence-electron chi connectivity index (χ4n) is 3.43. The molecule has 2 aromatic carbocycles. The Bertz CT molecular complexity index is 1480. The Balaban J connectivity index is 1.82. The molecule has 11 heteroatoms. The highest BCUT2D eigenvalue weighted by Gasteiger charge is 2.26. The highest BCUT2D eigenvalue weighted by molar-refractivity contribution is 7.91. The second-order valence-electron chi connectivity index (χ2n) is 7.75. The molecule has 36 heavy (non-hydrogen) atoms. The zero-order valence-corrected chi connectivity index (χ0v) is 20.8. The zero-order chi connectivity index (χ0) is 25.7. The molecule has 0 saturated heterocycles. The fraction of sp³-hybridized carbons (Fsp3) is 0.160. The quantitative estimate of drug-likeness (QED) is 0.301. The van der Waals surface area contributed by atoms with E-state index in [2.05, 4.69) is 15.3 Å². The van der Waals surface area contributed by atoms with Gasteiger partial charge in [-0.2, -0.15) is 0 Å². The van der Waals surface area contributed by atoms with Crippen LogP contribution >= 0.6 is 11.6 Å². The van der Waals surface area contributed by atoms with Gasteiger partial charge >= 0.3 is 0 Å². The number of rotatable bonds is 9. The van der Waals surface area contributed by atoms with Crippen LogP contribution in [0, 0.1) is 5.82 Å². The van der Waals surface area contributed by atoms with E-state index in [9.17, 15) is 17.6 Å². The van der Waals surface area contributed by atoms with E-state index in [4.69, 9.17) is 16.0 Å². The van der Waals surface area contributed by atoms with Gasteiger partial charge < -0.3 is 14.6 Å². The van der Waals surface area contributed by atoms with Gasteiger partial charge in [-0.1, -0.05) is 48.9 Å². The van der Waals surface area contributed by atoms with E-state index in [1.807, 2.05) is 0 Å². The number of carbonyl (C=O) groups excluding carboxylic acids is 1. The molecule has 1 N–H and O–H groups in total. The van der Waals surface area contributed by atoms with Crippen molar-refractivity contribution in [2.45, 2.75) is 25.2 Å². The number of halogens is 2. The second-order valence-corrected chi connectivity index (χ2v) is 10.3. The number of nitrogens with one attached hydrogen (secondary N) is 1. The number of sulfone groups is 1. The molecule has 0 bridgehead atoms. The zero-order valence-electron chi connectivity index (χ0n) is 19.2. The largest absolute Gasteiger partial charge is 0.467 e. The van der Waals surface area contributed by atoms with E-state index < -0.39 is 26.7 Å². The number of anilines is 2. The molecule has 0 aliphatic heterocycles. The van der Waals surface area contributed by atoms with Gasteiger partial charge in [-0.3, -0.25) is 4.79 Å². The monoisotopic (exact) mass is 528 g/mol. The van der Waals surface area contributed by atoms with E-state index in [1.165, 1.54) is 25.5 Å². The Morgan fingerprint density at radius 1 is 1.08 bits per heavy atom. The number of furan rings is 1. The number of amides is 1. The molecule has 0 saturated carbocycles. The third-order valence-corrected chi connectivity index (χ3v) is 7.17. The topological polar surface area (TPSA) is 105 Å². The summed E-state index contributed by atoms with van der Waals surface area (Å²) in [5.41, 5.74) is 0.654. The summed E-state index contributed by atoms with van der Waals surface area (Å²) in [5.74, 6) is -0.848. The summed E-state index contributed by atoms with van der Waals surface area (Å²) in [6.07, 6.45) is 2.75. The van der Waals surface area contributed by atoms with Crippen LogP contribution in [0.2, 0.25) is 5.02 Å². The Labute approximate surface area is 212 Å². The van der Waals surface area contributed by atoms with Crippen LogP contribution in [-0.4, -0.2) is 30.0 Å². The van der Waals surface area contributed by atoms with Crippen molar-refractivity contribution in [3.05, 3.63) is 101 Å². The van der Waals surface area contributed by atoms with Crippen LogP contribution in [0.3, 0.4) is 0 Å². The first kappa shape index (κ1) is 25.3. The number of carbonyl (C=O) groups is 1. The lowest BCUT2D eigenvalue weighted by molar-refractivity contribution is 0.102. The van der Waals surface area contributed by atoms with E-state index in [0.29, 0.717) is 22.0 Å². The summed E-state index contributed by atoms with van der Waals surface area (Å²) in [6.45, 7) is 1.62. The van der Waals surface area contributed by atoms with Gasteiger partial charge in [-0.15, -0.1) is 0 Å². The molecule has 0 atom stereocenters. The van der Waals surface area contributed by atoms with E-state index in [-0.39, 0.29) is 30.2 Å². The van der Waals surface area contributed by atoms with Crippen molar-refractivity contribution in [3.8, 4) is 0 Å². The standard InChI is InChI=1S/C25H22ClFN4O4S/c1-2-36(33,34)25-28-14-22(23(30-25)24(32)29-21-12-6-4-10-19(21)26)31(16-18-9-7-13-35-18)15-17-8-3-5-11-20(17)27/h3-14H,2,15-16H2,1H3,(H,29,32). The van der Waals surface area contributed by atoms with Gasteiger partial charge in [0, 0.05) is 12.1 Å². The van der Waals surface area contributed by atoms with E-state index in [0.717, 1.165) is 0 Å². The minimum atomic E-state index is -3.82. The number of hydrogen-bond acceptors (Lipinski definition) is 7. The molecule has 4 aromatic rings. The van der Waals surface area contributed by atoms with Crippen molar-refractivity contribution in [2.75, 3.05) is 16.0 Å². The molecular weight excluding hydrogens is 507 g/mol. The summed E-state index contributed by atoms with van der Waals surface area (Å²) in [6, 6.07) is 16.3. The third kappa shape index (κ3) is 5.72. The average Bonchev–Trinajstić information content (AvgIpc) is 3.39. The van der Waals surface area contributed by atoms with Crippen LogP contribution in [0.15, 0.2) is 82.7 Å². The maximum absolute atomic E-state index is 14.5. The molecule has 0 aliphatic rings. The van der Waals surface area contributed by atoms with E-state index >= 15 is 0 Å². The summed E-state index contributed by atoms with van der Waals surface area (Å²) < 4.78 is 45.0. The Hall–Kier alpha value is -3.76. The maximum atomic E-state index is 14.5. The molecule has 0 radical (unpaired) electrons. The summed E-state index contributed by atoms with van der Waals surface area (Å²) >= 11 is 6.20. The molecule has 2 heterocycles. The van der Waals surface area contributed by atoms with Crippen LogP contribution in [0.25, 0.3) is 0 Å². The number of nitrogens with zero attached hydrogens (tertiary/aromatic N) is 3. The van der Waals surface area contributed by atoms with E-state index in [1.54, 1.807) is 59.5 Å². The predicted octanol–water partition coefficient (Wildman–Crippen LogP) is 5.11. The van der Waals surface area contributed by atoms with Crippen molar-refractivity contribution < 1.29 is 22.0 Å². The van der Waals surface area contributed by atoms with Gasteiger partial charge in [-0.05, 0) is 30.3 Å². The SMILES string of the molecule is CCS(=O)(=O)c1ncc(N(Cc2ccco2)Cc2ccccc2F)c(C(=O)Nc2ccccc2Cl)n1. The van der Waals surface area contributed by atoms with Crippen molar-refractivity contribution in [2.24, 2.45) is 0 Å². The van der Waals surface area contributed by atoms with Gasteiger partial charge in [0.2, 0.25) is 15.0 Å². The van der Waals surface area contributed by atoms with Crippen molar-refractivity contribution in [1.82, 2.24) is 9.97 Å². The summed E-state index contributed by atoms with van der Waals surface area (Å²) in [5, 5.41) is 2.48. The van der Waals surface area contributed by atoms with Crippen molar-refractivity contribution >= 4 is 38.7 Å². The normalized spacial score (nSPS) is 11.3. The molecule has 0 unspecified atom stereocenters. The summed E-state index contributed by atoms with van der Waals surface area (Å²) in [7, 11) is -3.82. The molecule has 2 aromatic heterocycles. The summed E-state index contributed by atoms with van der Waals surface area (Å²) in [4.78, 5) is 23.2. The Morgan fingerprint density at radius 2 is 1.83 bits per heavy atom. The molecule has 1 amide bonds. The number of para-hydroxylation sites is 1. The van der Waals surface area contributed by atoms with Gasteiger partial charge in [0.15, 0.2) is 5.69 Å². The van der Waals surface area contributed by atoms with Gasteiger partial charge in [0.1, 0.15) is 11.6 Å². The molecule has 186 valence electrons. The molecule has 0 aliphatic carbocycles. The number of hydrogen-bond donors (Lipinski definition) is 1. The Kier molecular flexibility index (Phi) is 7.66. The van der Waals surface area contributed by atoms with Crippen LogP contribution < -0.4 is 10.2 Å². The first-order chi connectivity index (χ1) is 17.3. The first-order valence-corrected chi connectivity index (χ1v) is 13.0. The molecule has 4 rings (SSSR count). The third-order valence-electron chi connectivity index (χ3n) is 5.33. The van der Waals surface area contributed by atoms with Crippen LogP contribution in [0.1, 0.15) is 28.7 Å². The first-order valence-electron chi connectivity index (χ1n) is 10.9. The highest BCUT2D eigenvalue weighted by Crippen LogP contribution is 2.27. The predicted molar refractivity (Wildman–Crippen MR) is 134 cm³/mol. The number of aromatic nitrogens is 2. The lowest BCUT2D eigenvalue weighted by Gasteiger charge is -2.26. The van der Waals surface area contributed by atoms with Crippen LogP contribution in [-0.2, 0) is 22.9 Å². The van der Waals surface area contributed by atoms with Gasteiger partial charge in [0.05, 0.1) is 41.2 Å². The lowest BCUT2D eigenvalue weighted by atomic mass is 10.1. The van der Waals surface area contributed by atoms with Crippen LogP contribution in [0.4, 0.5) is 15.8 Å². The highest BCUT2D eigenvalue weighted by atomic mass is 35.5. The van der Waals surface area contributed by atoms with Crippen molar-refractivity contribution in [1.29, 1.82) is 0 Å². The maximum Gasteiger partial charge on any atom is 0.276 e. The lowest BCUT2D eigenvalue weighted by Crippen LogP contribution is -2.28. The van der Waals surface area contributed by atoms with Crippen molar-refractivity contribution in [3.63, 3.8) is 0 Å². The molecule has 0 spiro atoms. The fourth-order valence-corrected chi connectivity index (χ4v) is 4.31. The Morgan fingerprint density at radius 3 is 2.53 bits per heavy atom. The second kappa shape index (κ2) is 10.9. The number of benzene rings is 2. The molecule has 8 nitrogen and oxygen atoms in total. The van der Waals surface area contributed by atoms with Gasteiger partial charge in [-0.25, -0.2) is 22.8 Å². The minimum Gasteiger partial charge on any atom is -0.467 e. The van der Waals surface area contributed by atoms with Crippen LogP contribution in [0.5, 0.6) is 0 Å².